The summed E-state index contributed by atoms with van der Waals surface area (Å²) < 4.78 is 19.0. The van der Waals surface area contributed by atoms with Crippen LogP contribution >= 0.6 is 11.6 Å². The first-order chi connectivity index (χ1) is 11.5. The van der Waals surface area contributed by atoms with Crippen LogP contribution in [0.2, 0.25) is 5.02 Å². The average Bonchev–Trinajstić information content (AvgIpc) is 2.58. The molecule has 0 saturated carbocycles. The van der Waals surface area contributed by atoms with Crippen molar-refractivity contribution in [3.05, 3.63) is 65.1 Å². The first kappa shape index (κ1) is 16.2. The highest BCUT2D eigenvalue weighted by Crippen LogP contribution is 2.29. The Bertz CT molecular complexity index is 915. The maximum absolute atomic E-state index is 13.5. The second-order valence-electron chi connectivity index (χ2n) is 5.25. The lowest BCUT2D eigenvalue weighted by Gasteiger charge is -2.10. The summed E-state index contributed by atoms with van der Waals surface area (Å²) in [6, 6.07) is 11.5. The van der Waals surface area contributed by atoms with Crippen LogP contribution in [-0.2, 0) is 4.79 Å². The van der Waals surface area contributed by atoms with Gasteiger partial charge in [-0.1, -0.05) is 17.7 Å². The lowest BCUT2D eigenvalue weighted by atomic mass is 10.2. The van der Waals surface area contributed by atoms with Crippen molar-refractivity contribution in [3.8, 4) is 5.75 Å². The topological polar surface area (TPSA) is 51.2 Å². The monoisotopic (exact) mass is 344 g/mol. The van der Waals surface area contributed by atoms with E-state index < -0.39 is 5.91 Å². The van der Waals surface area contributed by atoms with E-state index in [4.69, 9.17) is 16.3 Å². The molecule has 6 heteroatoms. The SMILES string of the molecule is Cc1ccc(NC(=O)COc2ccc(Cl)c3cccnc23)cc1F. The number of aromatic nitrogens is 1. The van der Waals surface area contributed by atoms with Gasteiger partial charge in [-0.05, 0) is 48.9 Å². The zero-order valence-corrected chi connectivity index (χ0v) is 13.6. The van der Waals surface area contributed by atoms with Gasteiger partial charge < -0.3 is 10.1 Å². The number of benzene rings is 2. The summed E-state index contributed by atoms with van der Waals surface area (Å²) in [4.78, 5) is 16.2. The molecule has 0 atom stereocenters. The number of nitrogens with one attached hydrogen (secondary N) is 1. The van der Waals surface area contributed by atoms with E-state index in [9.17, 15) is 9.18 Å². The normalized spacial score (nSPS) is 10.6. The van der Waals surface area contributed by atoms with Crippen molar-refractivity contribution in [2.75, 3.05) is 11.9 Å². The van der Waals surface area contributed by atoms with Crippen molar-refractivity contribution >= 4 is 34.1 Å². The second kappa shape index (κ2) is 6.84. The van der Waals surface area contributed by atoms with E-state index in [1.54, 1.807) is 43.5 Å². The molecular weight excluding hydrogens is 331 g/mol. The first-order valence-corrected chi connectivity index (χ1v) is 7.64. The number of hydrogen-bond donors (Lipinski definition) is 1. The summed E-state index contributed by atoms with van der Waals surface area (Å²) >= 11 is 6.12. The molecule has 0 spiro atoms. The molecule has 1 N–H and O–H groups in total. The molecule has 0 radical (unpaired) electrons. The second-order valence-corrected chi connectivity index (χ2v) is 5.65. The third-order valence-corrected chi connectivity index (χ3v) is 3.82. The van der Waals surface area contributed by atoms with Crippen molar-refractivity contribution in [3.63, 3.8) is 0 Å². The molecule has 2 aromatic carbocycles. The fourth-order valence-corrected chi connectivity index (χ4v) is 2.45. The average molecular weight is 345 g/mol. The van der Waals surface area contributed by atoms with Gasteiger partial charge in [0.1, 0.15) is 17.1 Å². The number of amides is 1. The Morgan fingerprint density at radius 2 is 2.12 bits per heavy atom. The van der Waals surface area contributed by atoms with Crippen LogP contribution in [0.3, 0.4) is 0 Å². The summed E-state index contributed by atoms with van der Waals surface area (Å²) in [7, 11) is 0. The van der Waals surface area contributed by atoms with Gasteiger partial charge in [-0.3, -0.25) is 9.78 Å². The van der Waals surface area contributed by atoms with Crippen molar-refractivity contribution in [2.24, 2.45) is 0 Å². The smallest absolute Gasteiger partial charge is 0.262 e. The number of pyridine rings is 1. The highest BCUT2D eigenvalue weighted by Gasteiger charge is 2.10. The summed E-state index contributed by atoms with van der Waals surface area (Å²) in [5.41, 5.74) is 1.48. The molecule has 122 valence electrons. The summed E-state index contributed by atoms with van der Waals surface area (Å²) in [6.07, 6.45) is 1.63. The van der Waals surface area contributed by atoms with E-state index in [1.165, 1.54) is 6.07 Å². The summed E-state index contributed by atoms with van der Waals surface area (Å²) in [6.45, 7) is 1.44. The zero-order chi connectivity index (χ0) is 17.1. The maximum Gasteiger partial charge on any atom is 0.262 e. The molecule has 0 aliphatic heterocycles. The molecule has 1 aromatic heterocycles. The van der Waals surface area contributed by atoms with E-state index in [-0.39, 0.29) is 12.4 Å². The Hall–Kier alpha value is -2.66. The van der Waals surface area contributed by atoms with Crippen LogP contribution in [0.1, 0.15) is 5.56 Å². The lowest BCUT2D eigenvalue weighted by Crippen LogP contribution is -2.20. The molecule has 1 amide bonds. The minimum Gasteiger partial charge on any atom is -0.481 e. The summed E-state index contributed by atoms with van der Waals surface area (Å²) in [5.74, 6) is -0.306. The molecule has 24 heavy (non-hydrogen) atoms. The van der Waals surface area contributed by atoms with Gasteiger partial charge in [-0.25, -0.2) is 4.39 Å². The molecule has 3 aromatic rings. The van der Waals surface area contributed by atoms with Crippen LogP contribution in [0.4, 0.5) is 10.1 Å². The number of anilines is 1. The predicted molar refractivity (Wildman–Crippen MR) is 92.0 cm³/mol. The standard InChI is InChI=1S/C18H14ClFN2O2/c1-11-4-5-12(9-15(11)20)22-17(23)10-24-16-7-6-14(19)13-3-2-8-21-18(13)16/h2-9H,10H2,1H3,(H,22,23). The number of ether oxygens (including phenoxy) is 1. The van der Waals surface area contributed by atoms with Gasteiger partial charge in [0.2, 0.25) is 0 Å². The number of nitrogens with zero attached hydrogens (tertiary/aromatic N) is 1. The van der Waals surface area contributed by atoms with E-state index in [1.807, 2.05) is 6.07 Å². The van der Waals surface area contributed by atoms with Crippen LogP contribution in [0.25, 0.3) is 10.9 Å². The molecule has 3 rings (SSSR count). The van der Waals surface area contributed by atoms with Crippen LogP contribution in [-0.4, -0.2) is 17.5 Å². The van der Waals surface area contributed by atoms with Gasteiger partial charge in [-0.2, -0.15) is 0 Å². The molecule has 0 fully saturated rings. The van der Waals surface area contributed by atoms with Crippen molar-refractivity contribution in [1.82, 2.24) is 4.98 Å². The molecule has 0 unspecified atom stereocenters. The third-order valence-electron chi connectivity index (χ3n) is 3.49. The van der Waals surface area contributed by atoms with Gasteiger partial charge >= 0.3 is 0 Å². The number of carbonyl (C=O) groups excluding carboxylic acids is 1. The Labute approximate surface area is 143 Å². The third kappa shape index (κ3) is 3.46. The highest BCUT2D eigenvalue weighted by atomic mass is 35.5. The van der Waals surface area contributed by atoms with Gasteiger partial charge in [-0.15, -0.1) is 0 Å². The zero-order valence-electron chi connectivity index (χ0n) is 12.8. The lowest BCUT2D eigenvalue weighted by molar-refractivity contribution is -0.118. The quantitative estimate of drug-likeness (QED) is 0.765. The van der Waals surface area contributed by atoms with E-state index in [0.717, 1.165) is 5.39 Å². The molecule has 0 aliphatic rings. The van der Waals surface area contributed by atoms with E-state index in [2.05, 4.69) is 10.3 Å². The predicted octanol–water partition coefficient (Wildman–Crippen LogP) is 4.35. The van der Waals surface area contributed by atoms with Crippen LogP contribution in [0, 0.1) is 12.7 Å². The van der Waals surface area contributed by atoms with Crippen molar-refractivity contribution in [1.29, 1.82) is 0 Å². The number of fused-ring (bicyclic) bond motifs is 1. The fourth-order valence-electron chi connectivity index (χ4n) is 2.24. The molecule has 1 heterocycles. The van der Waals surface area contributed by atoms with Crippen LogP contribution in [0.15, 0.2) is 48.7 Å². The number of hydrogen-bond acceptors (Lipinski definition) is 3. The maximum atomic E-state index is 13.5. The molecular formula is C18H14ClFN2O2. The minimum atomic E-state index is -0.391. The van der Waals surface area contributed by atoms with E-state index in [0.29, 0.717) is 27.5 Å². The van der Waals surface area contributed by atoms with Crippen LogP contribution in [0.5, 0.6) is 5.75 Å². The number of aryl methyl sites for hydroxylation is 1. The summed E-state index contributed by atoms with van der Waals surface area (Å²) in [5, 5.41) is 3.90. The van der Waals surface area contributed by atoms with Gasteiger partial charge in [0.25, 0.3) is 5.91 Å². The molecule has 0 saturated heterocycles. The van der Waals surface area contributed by atoms with Crippen molar-refractivity contribution in [2.45, 2.75) is 6.92 Å². The first-order valence-electron chi connectivity index (χ1n) is 7.26. The van der Waals surface area contributed by atoms with Gasteiger partial charge in [0, 0.05) is 17.3 Å². The largest absolute Gasteiger partial charge is 0.481 e. The molecule has 4 nitrogen and oxygen atoms in total. The fraction of sp³-hybridized carbons (Fsp3) is 0.111. The Kier molecular flexibility index (Phi) is 4.62. The Balaban J connectivity index is 1.70. The number of rotatable bonds is 4. The number of halogens is 2. The van der Waals surface area contributed by atoms with Gasteiger partial charge in [0.15, 0.2) is 6.61 Å². The molecule has 0 bridgehead atoms. The van der Waals surface area contributed by atoms with Crippen LogP contribution < -0.4 is 10.1 Å². The number of carbonyl (C=O) groups is 1. The molecule has 0 aliphatic carbocycles. The van der Waals surface area contributed by atoms with Crippen molar-refractivity contribution < 1.29 is 13.9 Å². The Morgan fingerprint density at radius 1 is 1.29 bits per heavy atom. The minimum absolute atomic E-state index is 0.219. The highest BCUT2D eigenvalue weighted by molar-refractivity contribution is 6.35. The Morgan fingerprint density at radius 3 is 2.92 bits per heavy atom. The van der Waals surface area contributed by atoms with Gasteiger partial charge in [0.05, 0.1) is 5.02 Å². The van der Waals surface area contributed by atoms with E-state index >= 15 is 0 Å².